The van der Waals surface area contributed by atoms with Crippen molar-refractivity contribution in [1.29, 1.82) is 0 Å². The quantitative estimate of drug-likeness (QED) is 0.834. The Labute approximate surface area is 115 Å². The van der Waals surface area contributed by atoms with E-state index in [-0.39, 0.29) is 0 Å². The Kier molecular flexibility index (Phi) is 4.80. The van der Waals surface area contributed by atoms with Crippen LogP contribution in [0.4, 0.5) is 0 Å². The highest BCUT2D eigenvalue weighted by Gasteiger charge is 2.12. The molecular formula is C17H23NO. The molecule has 1 unspecified atom stereocenters. The zero-order valence-corrected chi connectivity index (χ0v) is 12.0. The SMILES string of the molecule is CCNC(Cc1ccoc1)c1ccc(C(C)C)cc1. The van der Waals surface area contributed by atoms with E-state index in [1.54, 1.807) is 6.26 Å². The number of rotatable bonds is 6. The summed E-state index contributed by atoms with van der Waals surface area (Å²) in [7, 11) is 0. The molecule has 0 spiro atoms. The van der Waals surface area contributed by atoms with Crippen molar-refractivity contribution in [1.82, 2.24) is 5.32 Å². The van der Waals surface area contributed by atoms with Gasteiger partial charge in [-0.25, -0.2) is 0 Å². The largest absolute Gasteiger partial charge is 0.472 e. The van der Waals surface area contributed by atoms with E-state index in [0.29, 0.717) is 12.0 Å². The summed E-state index contributed by atoms with van der Waals surface area (Å²) in [6.45, 7) is 7.56. The van der Waals surface area contributed by atoms with Crippen LogP contribution in [0.15, 0.2) is 47.3 Å². The van der Waals surface area contributed by atoms with Gasteiger partial charge in [0.15, 0.2) is 0 Å². The van der Waals surface area contributed by atoms with Gasteiger partial charge in [-0.15, -0.1) is 0 Å². The number of nitrogens with one attached hydrogen (secondary N) is 1. The summed E-state index contributed by atoms with van der Waals surface area (Å²) in [6.07, 6.45) is 4.53. The predicted molar refractivity (Wildman–Crippen MR) is 79.4 cm³/mol. The summed E-state index contributed by atoms with van der Waals surface area (Å²) in [5.74, 6) is 0.584. The fraction of sp³-hybridized carbons (Fsp3) is 0.412. The highest BCUT2D eigenvalue weighted by Crippen LogP contribution is 2.22. The Morgan fingerprint density at radius 1 is 1.05 bits per heavy atom. The summed E-state index contributed by atoms with van der Waals surface area (Å²) < 4.78 is 5.15. The second kappa shape index (κ2) is 6.58. The third kappa shape index (κ3) is 3.71. The van der Waals surface area contributed by atoms with Crippen LogP contribution in [0.3, 0.4) is 0 Å². The molecule has 0 radical (unpaired) electrons. The molecule has 0 aliphatic heterocycles. The molecule has 2 heteroatoms. The lowest BCUT2D eigenvalue weighted by Crippen LogP contribution is -2.22. The molecule has 1 aromatic heterocycles. The van der Waals surface area contributed by atoms with E-state index in [4.69, 9.17) is 4.42 Å². The normalized spacial score (nSPS) is 12.8. The van der Waals surface area contributed by atoms with E-state index in [1.807, 2.05) is 12.3 Å². The molecule has 0 fully saturated rings. The Hall–Kier alpha value is -1.54. The first-order chi connectivity index (χ1) is 9.20. The number of likely N-dealkylation sites (N-methyl/N-ethyl adjacent to an activating group) is 1. The van der Waals surface area contributed by atoms with Crippen LogP contribution in [-0.4, -0.2) is 6.54 Å². The van der Waals surface area contributed by atoms with Gasteiger partial charge >= 0.3 is 0 Å². The van der Waals surface area contributed by atoms with Crippen molar-refractivity contribution >= 4 is 0 Å². The van der Waals surface area contributed by atoms with Crippen molar-refractivity contribution in [2.75, 3.05) is 6.54 Å². The molecule has 0 bridgehead atoms. The van der Waals surface area contributed by atoms with Gasteiger partial charge in [-0.05, 0) is 41.6 Å². The van der Waals surface area contributed by atoms with Gasteiger partial charge in [0.1, 0.15) is 0 Å². The number of hydrogen-bond acceptors (Lipinski definition) is 2. The fourth-order valence-corrected chi connectivity index (χ4v) is 2.31. The third-order valence-corrected chi connectivity index (χ3v) is 3.48. The van der Waals surface area contributed by atoms with Gasteiger partial charge in [0.25, 0.3) is 0 Å². The molecule has 1 N–H and O–H groups in total. The van der Waals surface area contributed by atoms with Crippen LogP contribution in [0, 0.1) is 0 Å². The zero-order chi connectivity index (χ0) is 13.7. The summed E-state index contributed by atoms with van der Waals surface area (Å²) >= 11 is 0. The minimum absolute atomic E-state index is 0.351. The van der Waals surface area contributed by atoms with Gasteiger partial charge in [-0.2, -0.15) is 0 Å². The molecule has 0 aliphatic rings. The van der Waals surface area contributed by atoms with E-state index in [0.717, 1.165) is 13.0 Å². The van der Waals surface area contributed by atoms with Crippen LogP contribution in [-0.2, 0) is 6.42 Å². The summed E-state index contributed by atoms with van der Waals surface area (Å²) in [5, 5.41) is 3.54. The molecule has 1 atom stereocenters. The van der Waals surface area contributed by atoms with Crippen LogP contribution < -0.4 is 5.32 Å². The Morgan fingerprint density at radius 3 is 2.26 bits per heavy atom. The standard InChI is InChI=1S/C17H23NO/c1-4-18-17(11-14-9-10-19-12-14)16-7-5-15(6-8-16)13(2)3/h5-10,12-13,17-18H,4,11H2,1-3H3. The number of benzene rings is 1. The Bertz CT molecular complexity index is 470. The van der Waals surface area contributed by atoms with Crippen LogP contribution in [0.25, 0.3) is 0 Å². The fourth-order valence-electron chi connectivity index (χ4n) is 2.31. The highest BCUT2D eigenvalue weighted by atomic mass is 16.3. The third-order valence-electron chi connectivity index (χ3n) is 3.48. The van der Waals surface area contributed by atoms with Crippen molar-refractivity contribution in [3.05, 3.63) is 59.5 Å². The Balaban J connectivity index is 2.13. The first kappa shape index (κ1) is 13.9. The lowest BCUT2D eigenvalue weighted by molar-refractivity contribution is 0.534. The van der Waals surface area contributed by atoms with E-state index in [2.05, 4.69) is 50.4 Å². The molecule has 2 nitrogen and oxygen atoms in total. The molecule has 0 saturated carbocycles. The predicted octanol–water partition coefficient (Wildman–Crippen LogP) is 4.30. The van der Waals surface area contributed by atoms with Gasteiger partial charge in [0.2, 0.25) is 0 Å². The first-order valence-corrected chi connectivity index (χ1v) is 7.05. The summed E-state index contributed by atoms with van der Waals surface area (Å²) in [4.78, 5) is 0. The second-order valence-electron chi connectivity index (χ2n) is 5.27. The molecule has 2 aromatic rings. The van der Waals surface area contributed by atoms with Crippen molar-refractivity contribution in [3.8, 4) is 0 Å². The van der Waals surface area contributed by atoms with Gasteiger partial charge in [-0.1, -0.05) is 45.0 Å². The topological polar surface area (TPSA) is 25.2 Å². The molecule has 1 aromatic carbocycles. The monoisotopic (exact) mass is 257 g/mol. The van der Waals surface area contributed by atoms with Crippen molar-refractivity contribution in [2.24, 2.45) is 0 Å². The maximum atomic E-state index is 5.15. The van der Waals surface area contributed by atoms with Crippen molar-refractivity contribution < 1.29 is 4.42 Å². The smallest absolute Gasteiger partial charge is 0.0935 e. The van der Waals surface area contributed by atoms with Crippen LogP contribution in [0.2, 0.25) is 0 Å². The van der Waals surface area contributed by atoms with E-state index >= 15 is 0 Å². The van der Waals surface area contributed by atoms with Gasteiger partial charge in [-0.3, -0.25) is 0 Å². The van der Waals surface area contributed by atoms with Crippen LogP contribution in [0.1, 0.15) is 49.4 Å². The van der Waals surface area contributed by atoms with Crippen LogP contribution in [0.5, 0.6) is 0 Å². The van der Waals surface area contributed by atoms with E-state index in [9.17, 15) is 0 Å². The lowest BCUT2D eigenvalue weighted by atomic mass is 9.96. The first-order valence-electron chi connectivity index (χ1n) is 7.05. The van der Waals surface area contributed by atoms with Crippen molar-refractivity contribution in [2.45, 2.75) is 39.2 Å². The van der Waals surface area contributed by atoms with E-state index in [1.165, 1.54) is 16.7 Å². The molecule has 102 valence electrons. The Morgan fingerprint density at radius 2 is 1.74 bits per heavy atom. The van der Waals surface area contributed by atoms with E-state index < -0.39 is 0 Å². The molecule has 0 amide bonds. The summed E-state index contributed by atoms with van der Waals surface area (Å²) in [5.41, 5.74) is 3.97. The maximum Gasteiger partial charge on any atom is 0.0935 e. The lowest BCUT2D eigenvalue weighted by Gasteiger charge is -2.18. The van der Waals surface area contributed by atoms with Crippen molar-refractivity contribution in [3.63, 3.8) is 0 Å². The average Bonchev–Trinajstić information content (AvgIpc) is 2.91. The molecular weight excluding hydrogens is 234 g/mol. The summed E-state index contributed by atoms with van der Waals surface area (Å²) in [6, 6.07) is 11.3. The molecule has 0 saturated heterocycles. The minimum Gasteiger partial charge on any atom is -0.472 e. The average molecular weight is 257 g/mol. The number of hydrogen-bond donors (Lipinski definition) is 1. The molecule has 1 heterocycles. The highest BCUT2D eigenvalue weighted by molar-refractivity contribution is 5.28. The molecule has 2 rings (SSSR count). The molecule has 19 heavy (non-hydrogen) atoms. The van der Waals surface area contributed by atoms with Crippen LogP contribution >= 0.6 is 0 Å². The minimum atomic E-state index is 0.351. The zero-order valence-electron chi connectivity index (χ0n) is 12.0. The van der Waals surface area contributed by atoms with Gasteiger partial charge in [0, 0.05) is 6.04 Å². The van der Waals surface area contributed by atoms with Gasteiger partial charge < -0.3 is 9.73 Å². The van der Waals surface area contributed by atoms with Gasteiger partial charge in [0.05, 0.1) is 12.5 Å². The number of furan rings is 1. The maximum absolute atomic E-state index is 5.15. The second-order valence-corrected chi connectivity index (χ2v) is 5.27. The molecule has 0 aliphatic carbocycles.